The minimum Gasteiger partial charge on any atom is -0.231 e. The number of hydrogen-bond donors (Lipinski definition) is 0. The van der Waals surface area contributed by atoms with Crippen molar-refractivity contribution >= 4 is 44.0 Å². The van der Waals surface area contributed by atoms with Gasteiger partial charge in [0.2, 0.25) is 5.13 Å². The summed E-state index contributed by atoms with van der Waals surface area (Å²) in [5.74, 6) is -0.258. The number of benzene rings is 3. The average molecular weight is 408 g/mol. The number of rotatable bonds is 3. The molecule has 138 valence electrons. The summed E-state index contributed by atoms with van der Waals surface area (Å²) in [5, 5.41) is 8.31. The van der Waals surface area contributed by atoms with Gasteiger partial charge in [-0.2, -0.15) is 5.10 Å². The van der Waals surface area contributed by atoms with Gasteiger partial charge in [0.25, 0.3) is 0 Å². The zero-order valence-electron chi connectivity index (χ0n) is 14.7. The first kappa shape index (κ1) is 17.3. The molecule has 1 atom stereocenters. The first-order chi connectivity index (χ1) is 13.7. The Morgan fingerprint density at radius 1 is 1.00 bits per heavy atom. The van der Waals surface area contributed by atoms with Crippen LogP contribution in [0.25, 0.3) is 10.2 Å². The van der Waals surface area contributed by atoms with E-state index in [1.54, 1.807) is 6.07 Å². The molecule has 28 heavy (non-hydrogen) atoms. The molecule has 1 aliphatic heterocycles. The highest BCUT2D eigenvalue weighted by Crippen LogP contribution is 2.40. The van der Waals surface area contributed by atoms with Gasteiger partial charge in [-0.05, 0) is 41.5 Å². The van der Waals surface area contributed by atoms with Gasteiger partial charge >= 0.3 is 0 Å². The first-order valence-electron chi connectivity index (χ1n) is 8.91. The van der Waals surface area contributed by atoms with Crippen molar-refractivity contribution < 1.29 is 4.39 Å². The van der Waals surface area contributed by atoms with E-state index in [-0.39, 0.29) is 11.9 Å². The molecule has 0 spiro atoms. The molecule has 0 bridgehead atoms. The molecule has 4 aromatic rings. The van der Waals surface area contributed by atoms with Gasteiger partial charge in [-0.25, -0.2) is 14.4 Å². The van der Waals surface area contributed by atoms with Crippen LogP contribution in [0, 0.1) is 5.82 Å². The van der Waals surface area contributed by atoms with Crippen LogP contribution in [0.2, 0.25) is 5.02 Å². The van der Waals surface area contributed by atoms with Gasteiger partial charge in [0.15, 0.2) is 0 Å². The number of hydrogen-bond acceptors (Lipinski definition) is 4. The van der Waals surface area contributed by atoms with E-state index in [0.717, 1.165) is 38.6 Å². The van der Waals surface area contributed by atoms with Crippen LogP contribution < -0.4 is 5.01 Å². The highest BCUT2D eigenvalue weighted by molar-refractivity contribution is 7.22. The van der Waals surface area contributed by atoms with Gasteiger partial charge in [0.05, 0.1) is 22.0 Å². The second-order valence-corrected chi connectivity index (χ2v) is 8.08. The van der Waals surface area contributed by atoms with E-state index in [4.69, 9.17) is 21.7 Å². The van der Waals surface area contributed by atoms with Crippen LogP contribution >= 0.6 is 22.9 Å². The van der Waals surface area contributed by atoms with Crippen molar-refractivity contribution in [1.82, 2.24) is 4.98 Å². The van der Waals surface area contributed by atoms with Crippen molar-refractivity contribution in [2.75, 3.05) is 5.01 Å². The minimum atomic E-state index is -0.258. The Bertz CT molecular complexity index is 1170. The molecular weight excluding hydrogens is 393 g/mol. The highest BCUT2D eigenvalue weighted by Gasteiger charge is 2.31. The predicted octanol–water partition coefficient (Wildman–Crippen LogP) is 6.44. The summed E-state index contributed by atoms with van der Waals surface area (Å²) in [6.07, 6.45) is 0.760. The Hall–Kier alpha value is -2.76. The molecule has 2 heterocycles. The molecule has 0 radical (unpaired) electrons. The standard InChI is InChI=1S/C22H15ClFN3S/c23-16-8-6-15(7-9-16)20-13-19(14-4-2-1-3-5-14)26-27(20)22-25-18-11-10-17(24)12-21(18)28-22/h1-12,20H,13H2. The summed E-state index contributed by atoms with van der Waals surface area (Å²) in [5.41, 5.74) is 3.99. The zero-order chi connectivity index (χ0) is 19.1. The van der Waals surface area contributed by atoms with E-state index in [0.29, 0.717) is 5.02 Å². The Balaban J connectivity index is 1.60. The van der Waals surface area contributed by atoms with Crippen LogP contribution in [0.3, 0.4) is 0 Å². The number of fused-ring (bicyclic) bond motifs is 1. The molecule has 0 amide bonds. The second kappa shape index (κ2) is 7.00. The molecule has 1 aromatic heterocycles. The average Bonchev–Trinajstić information content (AvgIpc) is 3.33. The second-order valence-electron chi connectivity index (χ2n) is 6.64. The predicted molar refractivity (Wildman–Crippen MR) is 114 cm³/mol. The summed E-state index contributed by atoms with van der Waals surface area (Å²) >= 11 is 7.53. The molecule has 0 aliphatic carbocycles. The lowest BCUT2D eigenvalue weighted by molar-refractivity contribution is 0.630. The van der Waals surface area contributed by atoms with Crippen molar-refractivity contribution in [2.45, 2.75) is 12.5 Å². The Kier molecular flexibility index (Phi) is 4.34. The molecule has 1 unspecified atom stereocenters. The fourth-order valence-corrected chi connectivity index (χ4v) is 4.54. The molecule has 5 rings (SSSR count). The molecule has 6 heteroatoms. The molecular formula is C22H15ClFN3S. The Morgan fingerprint density at radius 3 is 2.57 bits per heavy atom. The van der Waals surface area contributed by atoms with Crippen molar-refractivity contribution in [3.63, 3.8) is 0 Å². The summed E-state index contributed by atoms with van der Waals surface area (Å²) in [6, 6.07) is 22.7. The van der Waals surface area contributed by atoms with Gasteiger partial charge in [-0.3, -0.25) is 0 Å². The van der Waals surface area contributed by atoms with Crippen LogP contribution in [0.5, 0.6) is 0 Å². The van der Waals surface area contributed by atoms with Gasteiger partial charge in [0, 0.05) is 11.4 Å². The normalized spacial score (nSPS) is 16.6. The van der Waals surface area contributed by atoms with Gasteiger partial charge in [-0.15, -0.1) is 0 Å². The van der Waals surface area contributed by atoms with E-state index >= 15 is 0 Å². The van der Waals surface area contributed by atoms with Crippen molar-refractivity contribution in [3.8, 4) is 0 Å². The maximum atomic E-state index is 13.6. The van der Waals surface area contributed by atoms with Gasteiger partial charge in [-0.1, -0.05) is 65.4 Å². The van der Waals surface area contributed by atoms with Crippen LogP contribution in [-0.4, -0.2) is 10.7 Å². The maximum absolute atomic E-state index is 13.6. The topological polar surface area (TPSA) is 28.5 Å². The number of halogens is 2. The Morgan fingerprint density at radius 2 is 1.79 bits per heavy atom. The molecule has 0 fully saturated rings. The highest BCUT2D eigenvalue weighted by atomic mass is 35.5. The summed E-state index contributed by atoms with van der Waals surface area (Å²) in [4.78, 5) is 4.70. The summed E-state index contributed by atoms with van der Waals surface area (Å²) in [6.45, 7) is 0. The molecule has 0 N–H and O–H groups in total. The fraction of sp³-hybridized carbons (Fsp3) is 0.0909. The number of anilines is 1. The lowest BCUT2D eigenvalue weighted by atomic mass is 9.99. The van der Waals surface area contributed by atoms with Crippen LogP contribution in [0.4, 0.5) is 9.52 Å². The van der Waals surface area contributed by atoms with Crippen molar-refractivity contribution in [3.05, 3.63) is 94.8 Å². The minimum absolute atomic E-state index is 0.0119. The number of nitrogens with zero attached hydrogens (tertiary/aromatic N) is 3. The van der Waals surface area contributed by atoms with Crippen molar-refractivity contribution in [2.24, 2.45) is 5.10 Å². The number of aromatic nitrogens is 1. The number of thiazole rings is 1. The molecule has 3 nitrogen and oxygen atoms in total. The lowest BCUT2D eigenvalue weighted by Gasteiger charge is -2.21. The zero-order valence-corrected chi connectivity index (χ0v) is 16.3. The van der Waals surface area contributed by atoms with E-state index in [2.05, 4.69) is 12.1 Å². The first-order valence-corrected chi connectivity index (χ1v) is 10.1. The summed E-state index contributed by atoms with van der Waals surface area (Å²) < 4.78 is 14.4. The third-order valence-corrected chi connectivity index (χ3v) is 6.07. The smallest absolute Gasteiger partial charge is 0.207 e. The van der Waals surface area contributed by atoms with Gasteiger partial charge in [0.1, 0.15) is 5.82 Å². The Labute approximate surface area is 170 Å². The quantitative estimate of drug-likeness (QED) is 0.390. The molecule has 0 saturated carbocycles. The van der Waals surface area contributed by atoms with E-state index < -0.39 is 0 Å². The SMILES string of the molecule is Fc1ccc2nc(N3N=C(c4ccccc4)CC3c3ccc(Cl)cc3)sc2c1. The third kappa shape index (κ3) is 3.17. The number of hydrazone groups is 1. The monoisotopic (exact) mass is 407 g/mol. The molecule has 3 aromatic carbocycles. The fourth-order valence-electron chi connectivity index (χ4n) is 3.42. The molecule has 0 saturated heterocycles. The maximum Gasteiger partial charge on any atom is 0.207 e. The lowest BCUT2D eigenvalue weighted by Crippen LogP contribution is -2.18. The van der Waals surface area contributed by atoms with Gasteiger partial charge < -0.3 is 0 Å². The van der Waals surface area contributed by atoms with Crippen LogP contribution in [0.1, 0.15) is 23.6 Å². The van der Waals surface area contributed by atoms with Crippen LogP contribution in [-0.2, 0) is 0 Å². The van der Waals surface area contributed by atoms with Crippen LogP contribution in [0.15, 0.2) is 77.9 Å². The van der Waals surface area contributed by atoms with E-state index in [1.165, 1.54) is 23.5 Å². The largest absolute Gasteiger partial charge is 0.231 e. The molecule has 1 aliphatic rings. The third-order valence-electron chi connectivity index (χ3n) is 4.81. The van der Waals surface area contributed by atoms with E-state index in [9.17, 15) is 4.39 Å². The van der Waals surface area contributed by atoms with Crippen molar-refractivity contribution in [1.29, 1.82) is 0 Å². The summed E-state index contributed by atoms with van der Waals surface area (Å²) in [7, 11) is 0. The van der Waals surface area contributed by atoms with E-state index in [1.807, 2.05) is 47.5 Å².